The number of phenolic OH excluding ortho intramolecular Hbond substituents is 1. The van der Waals surface area contributed by atoms with E-state index in [2.05, 4.69) is 32.9 Å². The fourth-order valence-corrected chi connectivity index (χ4v) is 5.48. The lowest BCUT2D eigenvalue weighted by Crippen LogP contribution is -2.33. The van der Waals surface area contributed by atoms with E-state index < -0.39 is 5.60 Å². The van der Waals surface area contributed by atoms with Crippen molar-refractivity contribution >= 4 is 5.97 Å². The van der Waals surface area contributed by atoms with Crippen LogP contribution in [0.15, 0.2) is 84.9 Å². The highest BCUT2D eigenvalue weighted by Crippen LogP contribution is 2.57. The normalized spacial score (nSPS) is 17.8. The monoisotopic (exact) mass is 506 g/mol. The van der Waals surface area contributed by atoms with Gasteiger partial charge in [-0.3, -0.25) is 0 Å². The summed E-state index contributed by atoms with van der Waals surface area (Å²) >= 11 is 0. The Bertz CT molecular complexity index is 1520. The average Bonchev–Trinajstić information content (AvgIpc) is 3.19. The van der Waals surface area contributed by atoms with Crippen molar-refractivity contribution in [1.82, 2.24) is 0 Å². The van der Waals surface area contributed by atoms with Gasteiger partial charge in [0.2, 0.25) is 0 Å². The van der Waals surface area contributed by atoms with Gasteiger partial charge >= 0.3 is 5.97 Å². The molecule has 0 saturated carbocycles. The third kappa shape index (κ3) is 3.99. The Morgan fingerprint density at radius 3 is 2.32 bits per heavy atom. The summed E-state index contributed by atoms with van der Waals surface area (Å²) in [6.07, 6.45) is 0.920. The summed E-state index contributed by atoms with van der Waals surface area (Å²) < 4.78 is 18.7. The highest BCUT2D eigenvalue weighted by Gasteiger charge is 2.53. The largest absolute Gasteiger partial charge is 0.508 e. The van der Waals surface area contributed by atoms with Gasteiger partial charge in [-0.1, -0.05) is 63.2 Å². The zero-order chi connectivity index (χ0) is 26.4. The smallest absolute Gasteiger partial charge is 0.340 e. The lowest BCUT2D eigenvalue weighted by Gasteiger charge is -2.36. The zero-order valence-electron chi connectivity index (χ0n) is 21.7. The predicted molar refractivity (Wildman–Crippen MR) is 145 cm³/mol. The standard InChI is InChI=1S/C33H30O5/c1-20(2)23-9-12-27-26(16-23)32(35)38-33(27)28-13-10-24(34)17-30(28)37-31-18-25(11-14-29(31)33)36-19-21(3)15-22-7-5-4-6-8-22/h4-14,16-18,20-21,34H,15,19H2,1-3H3. The van der Waals surface area contributed by atoms with Gasteiger partial charge in [-0.2, -0.15) is 0 Å². The van der Waals surface area contributed by atoms with Crippen LogP contribution in [0.2, 0.25) is 0 Å². The van der Waals surface area contributed by atoms with Crippen LogP contribution in [0.1, 0.15) is 64.9 Å². The van der Waals surface area contributed by atoms with Gasteiger partial charge in [0, 0.05) is 28.8 Å². The van der Waals surface area contributed by atoms with E-state index in [-0.39, 0.29) is 17.6 Å². The Balaban J connectivity index is 1.37. The SMILES string of the molecule is CC(COc1ccc2c(c1)Oc1cc(O)ccc1C21OC(=O)c2cc(C(C)C)ccc21)Cc1ccccc1. The molecule has 0 aromatic heterocycles. The second-order valence-corrected chi connectivity index (χ2v) is 10.6. The van der Waals surface area contributed by atoms with Gasteiger partial charge in [0.05, 0.1) is 12.2 Å². The maximum atomic E-state index is 13.3. The summed E-state index contributed by atoms with van der Waals surface area (Å²) in [5.74, 6) is 1.94. The second kappa shape index (κ2) is 9.25. The molecule has 2 aliphatic rings. The van der Waals surface area contributed by atoms with Crippen molar-refractivity contribution in [3.05, 3.63) is 118 Å². The van der Waals surface area contributed by atoms with Crippen molar-refractivity contribution in [3.8, 4) is 23.0 Å². The zero-order valence-corrected chi connectivity index (χ0v) is 21.7. The molecule has 0 radical (unpaired) electrons. The number of hydrogen-bond donors (Lipinski definition) is 1. The number of carbonyl (C=O) groups excluding carboxylic acids is 1. The number of benzene rings is 4. The Morgan fingerprint density at radius 1 is 0.842 bits per heavy atom. The van der Waals surface area contributed by atoms with Crippen LogP contribution in [0.5, 0.6) is 23.0 Å². The Kier molecular flexibility index (Phi) is 5.87. The van der Waals surface area contributed by atoms with E-state index in [9.17, 15) is 9.90 Å². The van der Waals surface area contributed by atoms with Crippen LogP contribution in [0, 0.1) is 5.92 Å². The van der Waals surface area contributed by atoms with Crippen molar-refractivity contribution in [3.63, 3.8) is 0 Å². The fourth-order valence-electron chi connectivity index (χ4n) is 5.48. The Hall–Kier alpha value is -4.25. The molecule has 5 heteroatoms. The highest BCUT2D eigenvalue weighted by atomic mass is 16.6. The lowest BCUT2D eigenvalue weighted by atomic mass is 9.77. The number of aromatic hydroxyl groups is 1. The van der Waals surface area contributed by atoms with E-state index in [4.69, 9.17) is 14.2 Å². The van der Waals surface area contributed by atoms with E-state index in [1.807, 2.05) is 54.6 Å². The number of hydrogen-bond acceptors (Lipinski definition) is 5. The quantitative estimate of drug-likeness (QED) is 0.277. The van der Waals surface area contributed by atoms with Crippen molar-refractivity contribution in [1.29, 1.82) is 0 Å². The minimum Gasteiger partial charge on any atom is -0.508 e. The minimum atomic E-state index is -1.17. The molecule has 4 aromatic rings. The summed E-state index contributed by atoms with van der Waals surface area (Å²) in [4.78, 5) is 13.3. The molecule has 0 fully saturated rings. The highest BCUT2D eigenvalue weighted by molar-refractivity contribution is 5.97. The van der Waals surface area contributed by atoms with Crippen molar-refractivity contribution in [2.45, 2.75) is 38.7 Å². The van der Waals surface area contributed by atoms with E-state index in [1.54, 1.807) is 18.2 Å². The van der Waals surface area contributed by atoms with Gasteiger partial charge < -0.3 is 19.3 Å². The molecular formula is C33H30O5. The summed E-state index contributed by atoms with van der Waals surface area (Å²) in [5, 5.41) is 10.2. The molecule has 38 heavy (non-hydrogen) atoms. The molecule has 0 bridgehead atoms. The third-order valence-corrected chi connectivity index (χ3v) is 7.41. The molecule has 5 nitrogen and oxygen atoms in total. The van der Waals surface area contributed by atoms with Crippen LogP contribution in [0.3, 0.4) is 0 Å². The van der Waals surface area contributed by atoms with Crippen LogP contribution >= 0.6 is 0 Å². The first-order valence-electron chi connectivity index (χ1n) is 13.1. The Labute approximate surface area is 222 Å². The molecule has 2 unspecified atom stereocenters. The van der Waals surface area contributed by atoms with Crippen molar-refractivity contribution in [2.24, 2.45) is 5.92 Å². The van der Waals surface area contributed by atoms with Gasteiger partial charge in [0.1, 0.15) is 23.0 Å². The molecule has 0 saturated heterocycles. The molecule has 2 aliphatic heterocycles. The maximum Gasteiger partial charge on any atom is 0.340 e. The van der Waals surface area contributed by atoms with Crippen molar-refractivity contribution < 1.29 is 24.1 Å². The second-order valence-electron chi connectivity index (χ2n) is 10.6. The van der Waals surface area contributed by atoms with Crippen LogP contribution in [-0.2, 0) is 16.8 Å². The predicted octanol–water partition coefficient (Wildman–Crippen LogP) is 7.34. The van der Waals surface area contributed by atoms with E-state index in [1.165, 1.54) is 5.56 Å². The average molecular weight is 507 g/mol. The molecule has 2 heterocycles. The number of phenols is 1. The van der Waals surface area contributed by atoms with Crippen LogP contribution in [0.4, 0.5) is 0 Å². The Morgan fingerprint density at radius 2 is 1.55 bits per heavy atom. The van der Waals surface area contributed by atoms with Gasteiger partial charge in [0.25, 0.3) is 0 Å². The van der Waals surface area contributed by atoms with Gasteiger partial charge in [0.15, 0.2) is 5.60 Å². The van der Waals surface area contributed by atoms with Crippen molar-refractivity contribution in [2.75, 3.05) is 6.61 Å². The molecular weight excluding hydrogens is 476 g/mol. The summed E-state index contributed by atoms with van der Waals surface area (Å²) in [6.45, 7) is 6.91. The summed E-state index contributed by atoms with van der Waals surface area (Å²) in [6, 6.07) is 26.9. The third-order valence-electron chi connectivity index (χ3n) is 7.41. The molecule has 2 atom stereocenters. The van der Waals surface area contributed by atoms with Crippen LogP contribution in [-0.4, -0.2) is 17.7 Å². The molecule has 4 aromatic carbocycles. The first-order chi connectivity index (χ1) is 18.3. The minimum absolute atomic E-state index is 0.0733. The number of carbonyl (C=O) groups is 1. The van der Waals surface area contributed by atoms with E-state index in [0.717, 1.165) is 23.1 Å². The lowest BCUT2D eigenvalue weighted by molar-refractivity contribution is 0.0224. The number of rotatable bonds is 6. The van der Waals surface area contributed by atoms with Crippen LogP contribution in [0.25, 0.3) is 0 Å². The fraction of sp³-hybridized carbons (Fsp3) is 0.242. The van der Waals surface area contributed by atoms with Gasteiger partial charge in [-0.25, -0.2) is 4.79 Å². The number of fused-ring (bicyclic) bond motifs is 6. The first-order valence-corrected chi connectivity index (χ1v) is 13.1. The number of esters is 1. The molecule has 1 N–H and O–H groups in total. The summed E-state index contributed by atoms with van der Waals surface area (Å²) in [5.41, 5.74) is 3.91. The molecule has 6 rings (SSSR count). The molecule has 1 spiro atoms. The maximum absolute atomic E-state index is 13.3. The topological polar surface area (TPSA) is 65.0 Å². The van der Waals surface area contributed by atoms with E-state index in [0.29, 0.717) is 40.9 Å². The van der Waals surface area contributed by atoms with E-state index >= 15 is 0 Å². The molecule has 0 amide bonds. The van der Waals surface area contributed by atoms with Crippen LogP contribution < -0.4 is 9.47 Å². The first kappa shape index (κ1) is 24.1. The van der Waals surface area contributed by atoms with Gasteiger partial charge in [-0.05, 0) is 59.7 Å². The summed E-state index contributed by atoms with van der Waals surface area (Å²) in [7, 11) is 0. The molecule has 0 aliphatic carbocycles. The van der Waals surface area contributed by atoms with Gasteiger partial charge in [-0.15, -0.1) is 0 Å². The molecule has 192 valence electrons. The number of ether oxygens (including phenoxy) is 3.